The number of carbonyl (C=O) groups excluding carboxylic acids is 1. The fourth-order valence-electron chi connectivity index (χ4n) is 3.39. The zero-order valence-electron chi connectivity index (χ0n) is 18.1. The number of unbranched alkanes of at least 4 members (excludes halogenated alkanes) is 1. The van der Waals surface area contributed by atoms with Crippen LogP contribution >= 0.6 is 0 Å². The van der Waals surface area contributed by atoms with E-state index in [4.69, 9.17) is 0 Å². The number of anilines is 1. The molecule has 1 aliphatic rings. The van der Waals surface area contributed by atoms with Crippen LogP contribution in [-0.2, 0) is 23.1 Å². The minimum absolute atomic E-state index is 0.149. The second-order valence-corrected chi connectivity index (χ2v) is 9.75. The third kappa shape index (κ3) is 4.46. The third-order valence-electron chi connectivity index (χ3n) is 5.23. The second-order valence-electron chi connectivity index (χ2n) is 7.63. The fraction of sp³-hybridized carbons (Fsp3) is 0.450. The van der Waals surface area contributed by atoms with Gasteiger partial charge in [-0.3, -0.25) is 14.2 Å². The Balaban J connectivity index is 1.89. The van der Waals surface area contributed by atoms with E-state index >= 15 is 0 Å². The number of halogens is 1. The summed E-state index contributed by atoms with van der Waals surface area (Å²) < 4.78 is 41.0. The lowest BCUT2D eigenvalue weighted by atomic mass is 10.2. The van der Waals surface area contributed by atoms with Crippen molar-refractivity contribution in [3.63, 3.8) is 0 Å². The molecule has 0 aliphatic carbocycles. The molecule has 0 unspecified atom stereocenters. The summed E-state index contributed by atoms with van der Waals surface area (Å²) in [5, 5.41) is 12.7. The maximum atomic E-state index is 13.7. The van der Waals surface area contributed by atoms with Crippen molar-refractivity contribution in [1.82, 2.24) is 19.2 Å². The van der Waals surface area contributed by atoms with Gasteiger partial charge in [-0.15, -0.1) is 0 Å². The van der Waals surface area contributed by atoms with Crippen molar-refractivity contribution >= 4 is 21.9 Å². The molecule has 0 saturated carbocycles. The van der Waals surface area contributed by atoms with Gasteiger partial charge in [0.2, 0.25) is 21.7 Å². The van der Waals surface area contributed by atoms with Gasteiger partial charge in [-0.1, -0.05) is 19.4 Å². The summed E-state index contributed by atoms with van der Waals surface area (Å²) in [5.41, 5.74) is -1.00. The van der Waals surface area contributed by atoms with Crippen LogP contribution in [0, 0.1) is 5.82 Å². The van der Waals surface area contributed by atoms with Crippen LogP contribution in [0.1, 0.15) is 35.8 Å². The van der Waals surface area contributed by atoms with Crippen LogP contribution in [0.2, 0.25) is 0 Å². The highest BCUT2D eigenvalue weighted by atomic mass is 32.2. The smallest absolute Gasteiger partial charge is 0.298 e. The molecule has 1 aromatic carbocycles. The Morgan fingerprint density at radius 2 is 2.03 bits per heavy atom. The van der Waals surface area contributed by atoms with Crippen LogP contribution in [0.25, 0.3) is 0 Å². The predicted molar refractivity (Wildman–Crippen MR) is 116 cm³/mol. The SMILES string of the molecule is CCCCN1CCn2c1nc(C(=O)NCc1ccc(F)cc1S(=O)(=O)N(C)C)c(O)c2=O. The Labute approximate surface area is 185 Å². The molecule has 2 aromatic rings. The molecule has 174 valence electrons. The van der Waals surface area contributed by atoms with E-state index < -0.39 is 38.8 Å². The van der Waals surface area contributed by atoms with Gasteiger partial charge in [-0.25, -0.2) is 22.1 Å². The monoisotopic (exact) mass is 467 g/mol. The fourth-order valence-corrected chi connectivity index (χ4v) is 4.51. The minimum Gasteiger partial charge on any atom is -0.501 e. The molecule has 0 atom stereocenters. The molecular weight excluding hydrogens is 441 g/mol. The van der Waals surface area contributed by atoms with Gasteiger partial charge >= 0.3 is 0 Å². The molecule has 1 amide bonds. The summed E-state index contributed by atoms with van der Waals surface area (Å²) in [5.74, 6) is -2.05. The van der Waals surface area contributed by atoms with Crippen molar-refractivity contribution in [3.05, 3.63) is 45.6 Å². The van der Waals surface area contributed by atoms with E-state index in [0.29, 0.717) is 25.6 Å². The molecule has 0 radical (unpaired) electrons. The number of carbonyl (C=O) groups is 1. The second kappa shape index (κ2) is 9.25. The summed E-state index contributed by atoms with van der Waals surface area (Å²) in [7, 11) is -1.34. The minimum atomic E-state index is -3.96. The Kier molecular flexibility index (Phi) is 6.84. The summed E-state index contributed by atoms with van der Waals surface area (Å²) >= 11 is 0. The third-order valence-corrected chi connectivity index (χ3v) is 7.12. The number of sulfonamides is 1. The number of rotatable bonds is 8. The first kappa shape index (κ1) is 23.7. The van der Waals surface area contributed by atoms with Gasteiger partial charge in [0.1, 0.15) is 5.82 Å². The highest BCUT2D eigenvalue weighted by Gasteiger charge is 2.28. The van der Waals surface area contributed by atoms with Crippen molar-refractivity contribution < 1.29 is 22.7 Å². The summed E-state index contributed by atoms with van der Waals surface area (Å²) in [6.45, 7) is 3.33. The molecule has 0 saturated heterocycles. The van der Waals surface area contributed by atoms with Crippen LogP contribution in [0.15, 0.2) is 27.9 Å². The van der Waals surface area contributed by atoms with E-state index in [9.17, 15) is 27.5 Å². The first-order valence-electron chi connectivity index (χ1n) is 10.2. The van der Waals surface area contributed by atoms with Gasteiger partial charge in [0.15, 0.2) is 5.69 Å². The number of fused-ring (bicyclic) bond motifs is 1. The number of aromatic nitrogens is 2. The maximum absolute atomic E-state index is 13.7. The number of nitrogens with one attached hydrogen (secondary N) is 1. The van der Waals surface area contributed by atoms with Crippen LogP contribution in [-0.4, -0.2) is 60.5 Å². The largest absolute Gasteiger partial charge is 0.501 e. The highest BCUT2D eigenvalue weighted by Crippen LogP contribution is 2.23. The molecule has 3 rings (SSSR count). The van der Waals surface area contributed by atoms with Gasteiger partial charge in [0.05, 0.1) is 4.90 Å². The Morgan fingerprint density at radius 3 is 2.69 bits per heavy atom. The molecule has 1 aliphatic heterocycles. The maximum Gasteiger partial charge on any atom is 0.298 e. The van der Waals surface area contributed by atoms with Crippen LogP contribution in [0.3, 0.4) is 0 Å². The van der Waals surface area contributed by atoms with Gasteiger partial charge in [-0.2, -0.15) is 0 Å². The number of hydrogen-bond acceptors (Lipinski definition) is 7. The Hall–Kier alpha value is -2.99. The zero-order chi connectivity index (χ0) is 23.6. The van der Waals surface area contributed by atoms with Crippen LogP contribution < -0.4 is 15.8 Å². The molecule has 32 heavy (non-hydrogen) atoms. The molecule has 12 heteroatoms. The molecule has 2 heterocycles. The standard InChI is InChI=1S/C20H26FN5O5S/c1-4-5-8-25-9-10-26-19(29)17(27)16(23-20(25)26)18(28)22-12-13-6-7-14(21)11-15(13)32(30,31)24(2)3/h6-7,11,27H,4-5,8-10,12H2,1-3H3,(H,22,28). The molecule has 1 aromatic heterocycles. The zero-order valence-corrected chi connectivity index (χ0v) is 18.9. The molecule has 0 spiro atoms. The summed E-state index contributed by atoms with van der Waals surface area (Å²) in [6, 6.07) is 3.21. The molecule has 0 bridgehead atoms. The van der Waals surface area contributed by atoms with E-state index in [-0.39, 0.29) is 17.0 Å². The average Bonchev–Trinajstić information content (AvgIpc) is 3.16. The highest BCUT2D eigenvalue weighted by molar-refractivity contribution is 7.89. The van der Waals surface area contributed by atoms with Crippen molar-refractivity contribution in [2.45, 2.75) is 37.8 Å². The van der Waals surface area contributed by atoms with Crippen LogP contribution in [0.4, 0.5) is 10.3 Å². The average molecular weight is 468 g/mol. The van der Waals surface area contributed by atoms with Crippen molar-refractivity contribution in [2.75, 3.05) is 32.1 Å². The number of hydrogen-bond donors (Lipinski definition) is 2. The van der Waals surface area contributed by atoms with Crippen molar-refractivity contribution in [2.24, 2.45) is 0 Å². The van der Waals surface area contributed by atoms with E-state index in [0.717, 1.165) is 29.3 Å². The van der Waals surface area contributed by atoms with Crippen molar-refractivity contribution in [3.8, 4) is 5.75 Å². The lowest BCUT2D eigenvalue weighted by Crippen LogP contribution is -2.31. The lowest BCUT2D eigenvalue weighted by molar-refractivity contribution is 0.0942. The lowest BCUT2D eigenvalue weighted by Gasteiger charge is -2.18. The number of aromatic hydroxyl groups is 1. The quantitative estimate of drug-likeness (QED) is 0.591. The Bertz CT molecular complexity index is 1200. The number of amides is 1. The first-order valence-corrected chi connectivity index (χ1v) is 11.6. The van der Waals surface area contributed by atoms with E-state index in [1.165, 1.54) is 24.7 Å². The van der Waals surface area contributed by atoms with Gasteiger partial charge in [-0.05, 0) is 24.1 Å². The number of benzene rings is 1. The summed E-state index contributed by atoms with van der Waals surface area (Å²) in [4.78, 5) is 31.1. The molecule has 0 fully saturated rings. The first-order chi connectivity index (χ1) is 15.1. The topological polar surface area (TPSA) is 125 Å². The van der Waals surface area contributed by atoms with E-state index in [1.54, 1.807) is 0 Å². The predicted octanol–water partition coefficient (Wildman–Crippen LogP) is 0.888. The Morgan fingerprint density at radius 1 is 1.31 bits per heavy atom. The van der Waals surface area contributed by atoms with Crippen molar-refractivity contribution in [1.29, 1.82) is 0 Å². The molecular formula is C20H26FN5O5S. The molecule has 10 nitrogen and oxygen atoms in total. The van der Waals surface area contributed by atoms with E-state index in [2.05, 4.69) is 10.3 Å². The van der Waals surface area contributed by atoms with Gasteiger partial charge < -0.3 is 15.3 Å². The molecule has 2 N–H and O–H groups in total. The van der Waals surface area contributed by atoms with Crippen LogP contribution in [0.5, 0.6) is 5.75 Å². The summed E-state index contributed by atoms with van der Waals surface area (Å²) in [6.07, 6.45) is 1.83. The number of nitrogens with zero attached hydrogens (tertiary/aromatic N) is 4. The van der Waals surface area contributed by atoms with E-state index in [1.807, 2.05) is 11.8 Å². The van der Waals surface area contributed by atoms with Gasteiger partial charge in [0, 0.05) is 40.3 Å². The van der Waals surface area contributed by atoms with Gasteiger partial charge in [0.25, 0.3) is 11.5 Å². The normalized spacial score (nSPS) is 13.5.